The molecule has 2 unspecified atom stereocenters. The lowest BCUT2D eigenvalue weighted by molar-refractivity contribution is -0.870. The van der Waals surface area contributed by atoms with Crippen LogP contribution in [0.3, 0.4) is 0 Å². The SMILES string of the molecule is CC/C=C\C/C=C\C/C=C\C/C=C\C/C=C\C/C=C\C/C=C\C/C=C\C/C=C\C/C=C\CCCCCCC(=O)OC(COC(=O)C/C=C\C/C=C\C/C=C\C/C=C\C/C=C\CC)COP(=O)([O-])OCC[N+](C)(C)C. The second-order valence-electron chi connectivity index (χ2n) is 18.5. The minimum absolute atomic E-state index is 0.0268. The normalized spacial score (nSPS) is 14.7. The average molecular weight is 1040 g/mol. The number of quaternary nitrogens is 1. The molecule has 0 aliphatic rings. The zero-order valence-electron chi connectivity index (χ0n) is 46.4. The van der Waals surface area contributed by atoms with Crippen LogP contribution in [0.4, 0.5) is 0 Å². The summed E-state index contributed by atoms with van der Waals surface area (Å²) >= 11 is 0. The summed E-state index contributed by atoms with van der Waals surface area (Å²) in [7, 11) is 1.07. The zero-order valence-corrected chi connectivity index (χ0v) is 47.3. The van der Waals surface area contributed by atoms with Gasteiger partial charge >= 0.3 is 11.9 Å². The molecule has 0 aliphatic carbocycles. The van der Waals surface area contributed by atoms with Gasteiger partial charge in [0.05, 0.1) is 34.2 Å². The van der Waals surface area contributed by atoms with E-state index in [1.165, 1.54) is 0 Å². The highest BCUT2D eigenvalue weighted by Crippen LogP contribution is 2.38. The van der Waals surface area contributed by atoms with E-state index in [-0.39, 0.29) is 26.1 Å². The van der Waals surface area contributed by atoms with Crippen LogP contribution in [0.2, 0.25) is 0 Å². The lowest BCUT2D eigenvalue weighted by Gasteiger charge is -2.28. The predicted octanol–water partition coefficient (Wildman–Crippen LogP) is 16.6. The fraction of sp³-hybridized carbons (Fsp3) is 0.500. The Morgan fingerprint density at radius 1 is 0.432 bits per heavy atom. The number of esters is 2. The van der Waals surface area contributed by atoms with Crippen molar-refractivity contribution in [3.05, 3.63) is 182 Å². The summed E-state index contributed by atoms with van der Waals surface area (Å²) in [5.41, 5.74) is 0. The molecule has 0 rings (SSSR count). The number of nitrogens with zero attached hydrogens (tertiary/aromatic N) is 1. The van der Waals surface area contributed by atoms with Crippen LogP contribution in [0.1, 0.15) is 155 Å². The maximum Gasteiger partial charge on any atom is 0.309 e. The van der Waals surface area contributed by atoms with Crippen molar-refractivity contribution in [1.29, 1.82) is 0 Å². The summed E-state index contributed by atoms with van der Waals surface area (Å²) in [5, 5.41) is 0. The van der Waals surface area contributed by atoms with Crippen molar-refractivity contribution >= 4 is 19.8 Å². The van der Waals surface area contributed by atoms with Gasteiger partial charge in [0.2, 0.25) is 0 Å². The van der Waals surface area contributed by atoms with E-state index in [1.807, 2.05) is 33.3 Å². The number of phosphoric acid groups is 1. The first-order valence-electron chi connectivity index (χ1n) is 27.5. The lowest BCUT2D eigenvalue weighted by Crippen LogP contribution is -2.37. The smallest absolute Gasteiger partial charge is 0.309 e. The first-order chi connectivity index (χ1) is 36.0. The van der Waals surface area contributed by atoms with E-state index in [9.17, 15) is 19.0 Å². The highest BCUT2D eigenvalue weighted by Gasteiger charge is 2.21. The van der Waals surface area contributed by atoms with Crippen LogP contribution < -0.4 is 4.89 Å². The zero-order chi connectivity index (χ0) is 54.2. The van der Waals surface area contributed by atoms with Crippen LogP contribution in [0.5, 0.6) is 0 Å². The van der Waals surface area contributed by atoms with E-state index in [1.54, 1.807) is 6.08 Å². The van der Waals surface area contributed by atoms with Crippen molar-refractivity contribution in [2.75, 3.05) is 47.5 Å². The number of allylic oxidation sites excluding steroid dienone is 29. The van der Waals surface area contributed by atoms with E-state index in [0.717, 1.165) is 116 Å². The molecule has 74 heavy (non-hydrogen) atoms. The molecule has 0 radical (unpaired) electrons. The fourth-order valence-electron chi connectivity index (χ4n) is 6.28. The van der Waals surface area contributed by atoms with Gasteiger partial charge in [-0.15, -0.1) is 0 Å². The average Bonchev–Trinajstić information content (AvgIpc) is 3.36. The molecule has 0 aromatic rings. The Kier molecular flexibility index (Phi) is 49.5. The molecular formula is C64H98NO8P. The van der Waals surface area contributed by atoms with Crippen molar-refractivity contribution in [3.8, 4) is 0 Å². The maximum atomic E-state index is 12.8. The Hall–Kier alpha value is -4.89. The van der Waals surface area contributed by atoms with Crippen molar-refractivity contribution < 1.29 is 42.1 Å². The van der Waals surface area contributed by atoms with Gasteiger partial charge in [0.15, 0.2) is 6.10 Å². The molecule has 412 valence electrons. The molecule has 0 aliphatic heterocycles. The van der Waals surface area contributed by atoms with Crippen molar-refractivity contribution in [1.82, 2.24) is 0 Å². The standard InChI is InChI=1S/C64H98NO8P/c1-6-8-10-12-14-16-18-20-22-23-24-25-26-27-28-29-30-31-32-33-34-35-36-37-38-39-40-41-43-45-47-49-51-53-55-57-64(67)73-62(61-72-74(68,69)71-59-58-65(3,4)5)60-70-63(66)56-54-52-50-48-46-44-42-21-19-17-15-13-11-9-7-2/h8-11,14-17,20-22,24-25,27-28,30-31,33-34,36-37,39-40,42-43,45-46,48,52,54,62H,6-7,12-13,18-19,23,26,29,32,35,38,41,44,47,49-51,53,55-61H2,1-5H3/b10-8-,11-9-,16-14-,17-15-,22-20-,25-24-,28-27-,31-30-,34-33-,37-36-,40-39-,42-21-,45-43-,48-46-,54-52-. The Bertz CT molecular complexity index is 1900. The number of likely N-dealkylation sites (N-methyl/N-ethyl adjacent to an activating group) is 1. The largest absolute Gasteiger partial charge is 0.756 e. The molecule has 2 atom stereocenters. The third kappa shape index (κ3) is 56.4. The van der Waals surface area contributed by atoms with Gasteiger partial charge in [0, 0.05) is 6.42 Å². The molecule has 10 heteroatoms. The van der Waals surface area contributed by atoms with E-state index in [0.29, 0.717) is 23.9 Å². The Labute approximate surface area is 450 Å². The van der Waals surface area contributed by atoms with E-state index >= 15 is 0 Å². The van der Waals surface area contributed by atoms with Crippen molar-refractivity contribution in [2.45, 2.75) is 161 Å². The third-order valence-corrected chi connectivity index (χ3v) is 11.4. The molecule has 0 heterocycles. The molecule has 9 nitrogen and oxygen atoms in total. The number of hydrogen-bond acceptors (Lipinski definition) is 8. The van der Waals surface area contributed by atoms with Gasteiger partial charge < -0.3 is 27.9 Å². The first kappa shape index (κ1) is 69.1. The summed E-state index contributed by atoms with van der Waals surface area (Å²) < 4.78 is 33.9. The second kappa shape index (κ2) is 53.0. The minimum atomic E-state index is -4.67. The molecular weight excluding hydrogens is 942 g/mol. The van der Waals surface area contributed by atoms with E-state index in [2.05, 4.69) is 178 Å². The number of rotatable bonds is 47. The molecule has 0 spiro atoms. The number of hydrogen-bond donors (Lipinski definition) is 0. The summed E-state index contributed by atoms with van der Waals surface area (Å²) in [6.07, 6.45) is 82.6. The van der Waals surface area contributed by atoms with Crippen LogP contribution in [0, 0.1) is 0 Å². The molecule has 0 aromatic heterocycles. The van der Waals surface area contributed by atoms with Gasteiger partial charge in [0.25, 0.3) is 7.82 Å². The molecule has 0 saturated heterocycles. The maximum absolute atomic E-state index is 12.8. The molecule has 0 N–H and O–H groups in total. The lowest BCUT2D eigenvalue weighted by atomic mass is 10.1. The van der Waals surface area contributed by atoms with Crippen LogP contribution in [0.25, 0.3) is 0 Å². The molecule has 0 aromatic carbocycles. The highest BCUT2D eigenvalue weighted by atomic mass is 31.2. The Morgan fingerprint density at radius 3 is 1.14 bits per heavy atom. The van der Waals surface area contributed by atoms with Gasteiger partial charge in [-0.1, -0.05) is 209 Å². The monoisotopic (exact) mass is 1040 g/mol. The summed E-state index contributed by atoms with van der Waals surface area (Å²) in [5.74, 6) is -1.03. The molecule has 0 saturated carbocycles. The third-order valence-electron chi connectivity index (χ3n) is 10.5. The van der Waals surface area contributed by atoms with Crippen LogP contribution >= 0.6 is 7.82 Å². The number of phosphoric ester groups is 1. The molecule has 0 bridgehead atoms. The minimum Gasteiger partial charge on any atom is -0.756 e. The number of ether oxygens (including phenoxy) is 2. The fourth-order valence-corrected chi connectivity index (χ4v) is 7.01. The summed E-state index contributed by atoms with van der Waals surface area (Å²) in [4.78, 5) is 37.7. The Morgan fingerprint density at radius 2 is 0.770 bits per heavy atom. The van der Waals surface area contributed by atoms with Crippen LogP contribution in [-0.2, 0) is 32.7 Å². The predicted molar refractivity (Wildman–Crippen MR) is 313 cm³/mol. The Balaban J connectivity index is 4.34. The van der Waals surface area contributed by atoms with Crippen molar-refractivity contribution in [2.24, 2.45) is 0 Å². The first-order valence-corrected chi connectivity index (χ1v) is 29.0. The van der Waals surface area contributed by atoms with Gasteiger partial charge in [-0.25, -0.2) is 0 Å². The van der Waals surface area contributed by atoms with Crippen LogP contribution in [-0.4, -0.2) is 70.0 Å². The summed E-state index contributed by atoms with van der Waals surface area (Å²) in [6.45, 7) is 3.81. The van der Waals surface area contributed by atoms with E-state index in [4.69, 9.17) is 18.5 Å². The number of carbonyl (C=O) groups excluding carboxylic acids is 2. The number of carbonyl (C=O) groups is 2. The van der Waals surface area contributed by atoms with Gasteiger partial charge in [-0.05, 0) is 116 Å². The number of unbranched alkanes of at least 4 members (excludes halogenated alkanes) is 4. The molecule has 0 amide bonds. The van der Waals surface area contributed by atoms with Gasteiger partial charge in [-0.3, -0.25) is 14.2 Å². The van der Waals surface area contributed by atoms with E-state index < -0.39 is 32.5 Å². The topological polar surface area (TPSA) is 111 Å². The quantitative estimate of drug-likeness (QED) is 0.0195. The highest BCUT2D eigenvalue weighted by molar-refractivity contribution is 7.45. The van der Waals surface area contributed by atoms with Crippen molar-refractivity contribution in [3.63, 3.8) is 0 Å². The second-order valence-corrected chi connectivity index (χ2v) is 19.9. The molecule has 0 fully saturated rings. The van der Waals surface area contributed by atoms with Gasteiger partial charge in [-0.2, -0.15) is 0 Å². The van der Waals surface area contributed by atoms with Crippen LogP contribution in [0.15, 0.2) is 182 Å². The van der Waals surface area contributed by atoms with Gasteiger partial charge in [0.1, 0.15) is 19.8 Å². The summed E-state index contributed by atoms with van der Waals surface area (Å²) in [6, 6.07) is 0.